The van der Waals surface area contributed by atoms with Gasteiger partial charge in [0.1, 0.15) is 5.69 Å². The molecule has 2 amide bonds. The monoisotopic (exact) mass is 495 g/mol. The van der Waals surface area contributed by atoms with E-state index in [1.807, 2.05) is 53.4 Å². The van der Waals surface area contributed by atoms with Crippen molar-refractivity contribution in [3.8, 4) is 22.4 Å². The maximum Gasteiger partial charge on any atom is 0.346 e. The van der Waals surface area contributed by atoms with Crippen LogP contribution >= 0.6 is 0 Å². The molecule has 0 N–H and O–H groups in total. The van der Waals surface area contributed by atoms with Crippen LogP contribution in [0.2, 0.25) is 0 Å². The van der Waals surface area contributed by atoms with E-state index in [9.17, 15) is 9.59 Å². The number of carbonyl (C=O) groups is 2. The summed E-state index contributed by atoms with van der Waals surface area (Å²) in [7, 11) is 3.51. The summed E-state index contributed by atoms with van der Waals surface area (Å²) in [5.41, 5.74) is 5.32. The molecule has 1 fully saturated rings. The van der Waals surface area contributed by atoms with Gasteiger partial charge in [0.05, 0.1) is 6.20 Å². The molecule has 1 unspecified atom stereocenters. The highest BCUT2D eigenvalue weighted by atomic mass is 16.2. The number of amides is 2. The van der Waals surface area contributed by atoms with Gasteiger partial charge < -0.3 is 9.80 Å². The standard InChI is InChI=1S/C30H33N5O2/c1-33(2)29(36)27-14-7-6-13-26(27)23-15-17-24(18-16-23)28-21-35(32-31-28)30(37)34-19-9-8-12-25(34)20-22-10-4-3-5-11-22/h4,6-7,10-11,13-18,21,25H,3,5,8-9,12,19-20H2,1-2H3. The van der Waals surface area contributed by atoms with Gasteiger partial charge in [-0.3, -0.25) is 4.79 Å². The molecule has 0 bridgehead atoms. The molecule has 1 atom stereocenters. The number of carbonyl (C=O) groups excluding carboxylic acids is 2. The number of piperidine rings is 1. The fourth-order valence-electron chi connectivity index (χ4n) is 5.16. The SMILES string of the molecule is CN(C)C(=O)c1ccccc1-c1ccc(-c2cn(C(=O)N3CCCCC3CC3=CCCC=C3)nn2)cc1. The van der Waals surface area contributed by atoms with E-state index < -0.39 is 0 Å². The highest BCUT2D eigenvalue weighted by Crippen LogP contribution is 2.28. The first-order valence-electron chi connectivity index (χ1n) is 13.0. The summed E-state index contributed by atoms with van der Waals surface area (Å²) >= 11 is 0. The Balaban J connectivity index is 1.33. The van der Waals surface area contributed by atoms with Crippen LogP contribution in [0.5, 0.6) is 0 Å². The maximum atomic E-state index is 13.4. The minimum atomic E-state index is -0.114. The Hall–Kier alpha value is -4.00. The van der Waals surface area contributed by atoms with Crippen molar-refractivity contribution in [1.29, 1.82) is 0 Å². The molecule has 0 saturated carbocycles. The molecule has 2 heterocycles. The summed E-state index contributed by atoms with van der Waals surface area (Å²) in [5.74, 6) is -0.0343. The van der Waals surface area contributed by atoms with E-state index >= 15 is 0 Å². The van der Waals surface area contributed by atoms with Gasteiger partial charge in [0, 0.05) is 37.8 Å². The summed E-state index contributed by atoms with van der Waals surface area (Å²) in [5, 5.41) is 8.48. The molecule has 3 aromatic rings. The van der Waals surface area contributed by atoms with Gasteiger partial charge in [-0.15, -0.1) is 5.10 Å². The second kappa shape index (κ2) is 10.9. The summed E-state index contributed by atoms with van der Waals surface area (Å²) in [4.78, 5) is 29.6. The molecule has 1 saturated heterocycles. The number of allylic oxidation sites excluding steroid dienone is 3. The lowest BCUT2D eigenvalue weighted by Crippen LogP contribution is -2.46. The van der Waals surface area contributed by atoms with Crippen LogP contribution in [0.25, 0.3) is 22.4 Å². The Morgan fingerprint density at radius 3 is 2.54 bits per heavy atom. The Bertz CT molecular complexity index is 1340. The summed E-state index contributed by atoms with van der Waals surface area (Å²) in [6.07, 6.45) is 14.7. The topological polar surface area (TPSA) is 71.3 Å². The Morgan fingerprint density at radius 1 is 1.00 bits per heavy atom. The molecule has 7 heteroatoms. The van der Waals surface area contributed by atoms with Crippen LogP contribution in [-0.4, -0.2) is 63.4 Å². The molecule has 1 aromatic heterocycles. The molecule has 5 rings (SSSR count). The van der Waals surface area contributed by atoms with Crippen molar-refractivity contribution in [2.75, 3.05) is 20.6 Å². The largest absolute Gasteiger partial charge is 0.346 e. The average Bonchev–Trinajstić information content (AvgIpc) is 3.44. The number of rotatable bonds is 5. The number of nitrogens with zero attached hydrogens (tertiary/aromatic N) is 5. The van der Waals surface area contributed by atoms with Crippen LogP contribution in [0.15, 0.2) is 78.5 Å². The van der Waals surface area contributed by atoms with Crippen LogP contribution in [0.1, 0.15) is 48.9 Å². The number of hydrogen-bond donors (Lipinski definition) is 0. The van der Waals surface area contributed by atoms with Crippen molar-refractivity contribution < 1.29 is 9.59 Å². The van der Waals surface area contributed by atoms with E-state index in [2.05, 4.69) is 28.5 Å². The molecule has 37 heavy (non-hydrogen) atoms. The molecule has 0 radical (unpaired) electrons. The third kappa shape index (κ3) is 5.40. The van der Waals surface area contributed by atoms with Gasteiger partial charge in [0.25, 0.3) is 5.91 Å². The maximum absolute atomic E-state index is 13.4. The predicted molar refractivity (Wildman–Crippen MR) is 145 cm³/mol. The average molecular weight is 496 g/mol. The quantitative estimate of drug-likeness (QED) is 0.448. The number of likely N-dealkylation sites (tertiary alicyclic amines) is 1. The van der Waals surface area contributed by atoms with E-state index in [1.165, 1.54) is 10.3 Å². The van der Waals surface area contributed by atoms with Crippen molar-refractivity contribution in [2.24, 2.45) is 0 Å². The van der Waals surface area contributed by atoms with Crippen LogP contribution in [-0.2, 0) is 0 Å². The lowest BCUT2D eigenvalue weighted by molar-refractivity contribution is 0.0828. The number of benzene rings is 2. The molecule has 0 spiro atoms. The van der Waals surface area contributed by atoms with Gasteiger partial charge in [0.15, 0.2) is 0 Å². The highest BCUT2D eigenvalue weighted by Gasteiger charge is 2.29. The summed E-state index contributed by atoms with van der Waals surface area (Å²) in [6.45, 7) is 0.745. The van der Waals surface area contributed by atoms with Crippen molar-refractivity contribution in [3.05, 3.63) is 84.1 Å². The van der Waals surface area contributed by atoms with Crippen molar-refractivity contribution in [1.82, 2.24) is 24.8 Å². The molecule has 2 aliphatic rings. The Kier molecular flexibility index (Phi) is 7.30. The molecule has 1 aliphatic carbocycles. The third-order valence-corrected chi connectivity index (χ3v) is 7.16. The molecule has 7 nitrogen and oxygen atoms in total. The van der Waals surface area contributed by atoms with E-state index in [-0.39, 0.29) is 18.0 Å². The van der Waals surface area contributed by atoms with Gasteiger partial charge in [-0.1, -0.05) is 71.5 Å². The molecular weight excluding hydrogens is 462 g/mol. The van der Waals surface area contributed by atoms with E-state index in [4.69, 9.17) is 0 Å². The Morgan fingerprint density at radius 2 is 1.78 bits per heavy atom. The minimum Gasteiger partial charge on any atom is -0.345 e. The van der Waals surface area contributed by atoms with Crippen LogP contribution in [0, 0.1) is 0 Å². The van der Waals surface area contributed by atoms with Gasteiger partial charge in [-0.25, -0.2) is 4.79 Å². The zero-order chi connectivity index (χ0) is 25.8. The van der Waals surface area contributed by atoms with Gasteiger partial charge in [-0.05, 0) is 55.7 Å². The summed E-state index contributed by atoms with van der Waals surface area (Å²) in [6, 6.07) is 15.5. The smallest absolute Gasteiger partial charge is 0.345 e. The van der Waals surface area contributed by atoms with E-state index in [0.29, 0.717) is 11.3 Å². The molecule has 190 valence electrons. The van der Waals surface area contributed by atoms with Gasteiger partial charge >= 0.3 is 6.03 Å². The predicted octanol–water partition coefficient (Wildman–Crippen LogP) is 5.80. The lowest BCUT2D eigenvalue weighted by Gasteiger charge is -2.35. The van der Waals surface area contributed by atoms with Crippen molar-refractivity contribution in [3.63, 3.8) is 0 Å². The fourth-order valence-corrected chi connectivity index (χ4v) is 5.16. The van der Waals surface area contributed by atoms with Crippen LogP contribution < -0.4 is 0 Å². The highest BCUT2D eigenvalue weighted by molar-refractivity contribution is 6.00. The minimum absolute atomic E-state index is 0.0343. The van der Waals surface area contributed by atoms with Crippen LogP contribution in [0.3, 0.4) is 0 Å². The first-order chi connectivity index (χ1) is 18.0. The van der Waals surface area contributed by atoms with Crippen molar-refractivity contribution in [2.45, 2.75) is 44.6 Å². The first kappa shape index (κ1) is 24.7. The molecule has 2 aromatic carbocycles. The second-order valence-electron chi connectivity index (χ2n) is 9.96. The third-order valence-electron chi connectivity index (χ3n) is 7.16. The van der Waals surface area contributed by atoms with Crippen molar-refractivity contribution >= 4 is 11.9 Å². The van der Waals surface area contributed by atoms with E-state index in [1.54, 1.807) is 25.2 Å². The second-order valence-corrected chi connectivity index (χ2v) is 9.96. The number of aromatic nitrogens is 3. The normalized spacial score (nSPS) is 17.4. The lowest BCUT2D eigenvalue weighted by atomic mass is 9.93. The molecular formula is C30H33N5O2. The van der Waals surface area contributed by atoms with E-state index in [0.717, 1.165) is 61.8 Å². The number of hydrogen-bond acceptors (Lipinski definition) is 4. The summed E-state index contributed by atoms with van der Waals surface area (Å²) < 4.78 is 1.37. The van der Waals surface area contributed by atoms with Crippen LogP contribution in [0.4, 0.5) is 4.79 Å². The first-order valence-corrected chi connectivity index (χ1v) is 13.0. The molecule has 1 aliphatic heterocycles. The Labute approximate surface area is 218 Å². The van der Waals surface area contributed by atoms with Gasteiger partial charge in [0.2, 0.25) is 0 Å². The zero-order valence-corrected chi connectivity index (χ0v) is 21.5. The zero-order valence-electron chi connectivity index (χ0n) is 21.5. The van der Waals surface area contributed by atoms with Gasteiger partial charge in [-0.2, -0.15) is 4.68 Å². The fraction of sp³-hybridized carbons (Fsp3) is 0.333.